The molecule has 0 radical (unpaired) electrons. The second-order valence-corrected chi connectivity index (χ2v) is 5.29. The van der Waals surface area contributed by atoms with E-state index in [9.17, 15) is 9.59 Å². The minimum Gasteiger partial charge on any atom is -0.466 e. The van der Waals surface area contributed by atoms with Gasteiger partial charge in [0, 0.05) is 19.2 Å². The Morgan fingerprint density at radius 2 is 2.32 bits per heavy atom. The van der Waals surface area contributed by atoms with Crippen LogP contribution in [0.2, 0.25) is 0 Å². The fourth-order valence-electron chi connectivity index (χ4n) is 2.36. The van der Waals surface area contributed by atoms with Crippen molar-refractivity contribution in [3.05, 3.63) is 12.4 Å². The highest BCUT2D eigenvalue weighted by Crippen LogP contribution is 2.15. The van der Waals surface area contributed by atoms with Gasteiger partial charge in [0.1, 0.15) is 0 Å². The zero-order chi connectivity index (χ0) is 15.8. The maximum absolute atomic E-state index is 11.7. The molecule has 0 aromatic carbocycles. The number of hydrogen-bond acceptors (Lipinski definition) is 5. The topological polar surface area (TPSA) is 82.5 Å². The van der Waals surface area contributed by atoms with Gasteiger partial charge in [-0.3, -0.25) is 14.3 Å². The Hall–Kier alpha value is -1.89. The maximum atomic E-state index is 11.7. The van der Waals surface area contributed by atoms with E-state index in [1.807, 2.05) is 0 Å². The number of carbonyl (C=O) groups is 2. The van der Waals surface area contributed by atoms with Crippen molar-refractivity contribution >= 4 is 17.6 Å². The lowest BCUT2D eigenvalue weighted by Crippen LogP contribution is -2.24. The summed E-state index contributed by atoms with van der Waals surface area (Å²) in [6.07, 6.45) is 7.12. The summed E-state index contributed by atoms with van der Waals surface area (Å²) in [5.41, 5.74) is 0.629. The molecular weight excluding hydrogens is 286 g/mol. The molecule has 1 amide bonds. The summed E-state index contributed by atoms with van der Waals surface area (Å²) in [6.45, 7) is 3.57. The number of amides is 1. The standard InChI is InChI=1S/C15H23N3O4/c1-2-21-15(20)7-6-14(19)17-12-9-16-18(10-12)11-13-5-3-4-8-22-13/h9-10,13H,2-8,11H2,1H3,(H,17,19). The molecule has 7 nitrogen and oxygen atoms in total. The first-order valence-corrected chi connectivity index (χ1v) is 7.77. The van der Waals surface area contributed by atoms with Crippen LogP contribution in [0.1, 0.15) is 39.0 Å². The monoisotopic (exact) mass is 309 g/mol. The smallest absolute Gasteiger partial charge is 0.306 e. The molecule has 2 heterocycles. The second-order valence-electron chi connectivity index (χ2n) is 5.29. The van der Waals surface area contributed by atoms with Gasteiger partial charge < -0.3 is 14.8 Å². The fourth-order valence-corrected chi connectivity index (χ4v) is 2.36. The van der Waals surface area contributed by atoms with E-state index < -0.39 is 0 Å². The van der Waals surface area contributed by atoms with E-state index in [1.54, 1.807) is 24.0 Å². The Labute approximate surface area is 130 Å². The highest BCUT2D eigenvalue weighted by atomic mass is 16.5. The van der Waals surface area contributed by atoms with Crippen LogP contribution in [-0.2, 0) is 25.6 Å². The van der Waals surface area contributed by atoms with Gasteiger partial charge in [0.15, 0.2) is 0 Å². The lowest BCUT2D eigenvalue weighted by atomic mass is 10.1. The number of aromatic nitrogens is 2. The van der Waals surface area contributed by atoms with E-state index in [2.05, 4.69) is 10.4 Å². The second kappa shape index (κ2) is 8.53. The lowest BCUT2D eigenvalue weighted by molar-refractivity contribution is -0.144. The third kappa shape index (κ3) is 5.48. The molecule has 1 saturated heterocycles. The molecule has 122 valence electrons. The molecular formula is C15H23N3O4. The molecule has 1 aliphatic rings. The number of carbonyl (C=O) groups excluding carboxylic acids is 2. The van der Waals surface area contributed by atoms with Gasteiger partial charge in [0.25, 0.3) is 0 Å². The predicted octanol–water partition coefficient (Wildman–Crippen LogP) is 1.73. The molecule has 1 fully saturated rings. The Kier molecular flexibility index (Phi) is 6.39. The van der Waals surface area contributed by atoms with Crippen molar-refractivity contribution in [3.8, 4) is 0 Å². The summed E-state index contributed by atoms with van der Waals surface area (Å²) < 4.78 is 12.2. The van der Waals surface area contributed by atoms with Crippen molar-refractivity contribution in [3.63, 3.8) is 0 Å². The van der Waals surface area contributed by atoms with Gasteiger partial charge >= 0.3 is 5.97 Å². The summed E-state index contributed by atoms with van der Waals surface area (Å²) in [4.78, 5) is 22.9. The Balaban J connectivity index is 1.73. The Bertz CT molecular complexity index is 495. The molecule has 1 aliphatic heterocycles. The molecule has 1 N–H and O–H groups in total. The van der Waals surface area contributed by atoms with Gasteiger partial charge in [-0.25, -0.2) is 0 Å². The van der Waals surface area contributed by atoms with Gasteiger partial charge in [-0.15, -0.1) is 0 Å². The highest BCUT2D eigenvalue weighted by Gasteiger charge is 2.15. The zero-order valence-electron chi connectivity index (χ0n) is 12.9. The third-order valence-electron chi connectivity index (χ3n) is 3.44. The summed E-state index contributed by atoms with van der Waals surface area (Å²) in [6, 6.07) is 0. The Morgan fingerprint density at radius 1 is 1.45 bits per heavy atom. The fraction of sp³-hybridized carbons (Fsp3) is 0.667. The van der Waals surface area contributed by atoms with E-state index in [-0.39, 0.29) is 30.8 Å². The van der Waals surface area contributed by atoms with Crippen LogP contribution in [0.25, 0.3) is 0 Å². The largest absolute Gasteiger partial charge is 0.466 e. The molecule has 22 heavy (non-hydrogen) atoms. The zero-order valence-corrected chi connectivity index (χ0v) is 12.9. The van der Waals surface area contributed by atoms with E-state index >= 15 is 0 Å². The number of anilines is 1. The lowest BCUT2D eigenvalue weighted by Gasteiger charge is -2.22. The summed E-state index contributed by atoms with van der Waals surface area (Å²) in [5.74, 6) is -0.579. The third-order valence-corrected chi connectivity index (χ3v) is 3.44. The molecule has 1 aromatic rings. The van der Waals surface area contributed by atoms with Crippen molar-refractivity contribution in [2.75, 3.05) is 18.5 Å². The van der Waals surface area contributed by atoms with Gasteiger partial charge in [-0.05, 0) is 26.2 Å². The average molecular weight is 309 g/mol. The number of nitrogens with one attached hydrogen (secondary N) is 1. The first kappa shape index (κ1) is 16.5. The van der Waals surface area contributed by atoms with Crippen LogP contribution in [0, 0.1) is 0 Å². The van der Waals surface area contributed by atoms with E-state index in [0.717, 1.165) is 19.4 Å². The average Bonchev–Trinajstić information content (AvgIpc) is 2.93. The van der Waals surface area contributed by atoms with Gasteiger partial charge in [0.05, 0.1) is 37.6 Å². The number of rotatable bonds is 7. The van der Waals surface area contributed by atoms with Crippen LogP contribution in [-0.4, -0.2) is 41.0 Å². The highest BCUT2D eigenvalue weighted by molar-refractivity contribution is 5.92. The van der Waals surface area contributed by atoms with Crippen LogP contribution >= 0.6 is 0 Å². The first-order chi connectivity index (χ1) is 10.7. The number of nitrogens with zero attached hydrogens (tertiary/aromatic N) is 2. The van der Waals surface area contributed by atoms with Crippen LogP contribution in [0.5, 0.6) is 0 Å². The molecule has 0 saturated carbocycles. The summed E-state index contributed by atoms with van der Waals surface area (Å²) in [7, 11) is 0. The molecule has 2 rings (SSSR count). The molecule has 1 atom stereocenters. The summed E-state index contributed by atoms with van der Waals surface area (Å²) in [5, 5.41) is 6.94. The SMILES string of the molecule is CCOC(=O)CCC(=O)Nc1cnn(CC2CCCCO2)c1. The van der Waals surface area contributed by atoms with Crippen LogP contribution in [0.15, 0.2) is 12.4 Å². The predicted molar refractivity (Wildman–Crippen MR) is 80.3 cm³/mol. The molecule has 0 spiro atoms. The summed E-state index contributed by atoms with van der Waals surface area (Å²) >= 11 is 0. The number of ether oxygens (including phenoxy) is 2. The van der Waals surface area contributed by atoms with Crippen LogP contribution < -0.4 is 5.32 Å². The molecule has 1 unspecified atom stereocenters. The van der Waals surface area contributed by atoms with E-state index in [1.165, 1.54) is 6.42 Å². The van der Waals surface area contributed by atoms with E-state index in [4.69, 9.17) is 9.47 Å². The minimum atomic E-state index is -0.359. The molecule has 1 aromatic heterocycles. The van der Waals surface area contributed by atoms with Gasteiger partial charge in [-0.1, -0.05) is 0 Å². The van der Waals surface area contributed by atoms with E-state index in [0.29, 0.717) is 18.8 Å². The number of hydrogen-bond donors (Lipinski definition) is 1. The molecule has 7 heteroatoms. The van der Waals surface area contributed by atoms with Crippen molar-refractivity contribution in [2.24, 2.45) is 0 Å². The normalized spacial score (nSPS) is 18.0. The Morgan fingerprint density at radius 3 is 3.05 bits per heavy atom. The van der Waals surface area contributed by atoms with Crippen molar-refractivity contribution in [1.29, 1.82) is 0 Å². The van der Waals surface area contributed by atoms with Crippen LogP contribution in [0.3, 0.4) is 0 Å². The van der Waals surface area contributed by atoms with Crippen molar-refractivity contribution < 1.29 is 19.1 Å². The van der Waals surface area contributed by atoms with Gasteiger partial charge in [-0.2, -0.15) is 5.10 Å². The quantitative estimate of drug-likeness (QED) is 0.776. The van der Waals surface area contributed by atoms with Crippen LogP contribution in [0.4, 0.5) is 5.69 Å². The molecule has 0 bridgehead atoms. The number of esters is 1. The first-order valence-electron chi connectivity index (χ1n) is 7.77. The maximum Gasteiger partial charge on any atom is 0.306 e. The molecule has 0 aliphatic carbocycles. The van der Waals surface area contributed by atoms with Crippen molar-refractivity contribution in [1.82, 2.24) is 9.78 Å². The minimum absolute atomic E-state index is 0.0870. The van der Waals surface area contributed by atoms with Crippen molar-refractivity contribution in [2.45, 2.75) is 51.7 Å². The van der Waals surface area contributed by atoms with Gasteiger partial charge in [0.2, 0.25) is 5.91 Å².